The number of hydrogen-bond acceptors (Lipinski definition) is 3. The van der Waals surface area contributed by atoms with Gasteiger partial charge in [-0.05, 0) is 60.7 Å². The molecule has 0 aliphatic carbocycles. The molecule has 1 fully saturated rings. The van der Waals surface area contributed by atoms with Crippen LogP contribution in [-0.2, 0) is 4.79 Å². The van der Waals surface area contributed by atoms with Gasteiger partial charge in [-0.2, -0.15) is 0 Å². The lowest BCUT2D eigenvalue weighted by Crippen LogP contribution is -2.28. The number of anilines is 1. The molecule has 2 amide bonds. The highest BCUT2D eigenvalue weighted by atomic mass is 35.5. The number of nitrogens with zero attached hydrogens (tertiary/aromatic N) is 1. The SMILES string of the molecule is Cc1c(NC(=O)CSC(c2ccccc2)c2ccc(Cl)cc2)cccc1C(=O)N1CCCC1. The van der Waals surface area contributed by atoms with Crippen LogP contribution in [0.15, 0.2) is 72.8 Å². The van der Waals surface area contributed by atoms with Crippen molar-refractivity contribution >= 4 is 40.9 Å². The van der Waals surface area contributed by atoms with Crippen LogP contribution in [0.25, 0.3) is 0 Å². The molecule has 1 N–H and O–H groups in total. The Kier molecular flexibility index (Phi) is 7.73. The van der Waals surface area contributed by atoms with Gasteiger partial charge in [0.2, 0.25) is 5.91 Å². The second-order valence-electron chi connectivity index (χ2n) is 8.18. The Bertz CT molecular complexity index is 1110. The zero-order chi connectivity index (χ0) is 23.2. The van der Waals surface area contributed by atoms with E-state index in [4.69, 9.17) is 11.6 Å². The van der Waals surface area contributed by atoms with Gasteiger partial charge < -0.3 is 10.2 Å². The Labute approximate surface area is 204 Å². The van der Waals surface area contributed by atoms with Crippen molar-refractivity contribution in [1.82, 2.24) is 4.90 Å². The number of likely N-dealkylation sites (tertiary alicyclic amines) is 1. The molecule has 1 saturated heterocycles. The fourth-order valence-electron chi connectivity index (χ4n) is 4.09. The highest BCUT2D eigenvalue weighted by Gasteiger charge is 2.22. The number of amides is 2. The van der Waals surface area contributed by atoms with Crippen LogP contribution in [0.2, 0.25) is 5.02 Å². The molecule has 0 aromatic heterocycles. The van der Waals surface area contributed by atoms with E-state index in [2.05, 4.69) is 17.4 Å². The summed E-state index contributed by atoms with van der Waals surface area (Å²) in [6.45, 7) is 3.50. The lowest BCUT2D eigenvalue weighted by molar-refractivity contribution is -0.113. The quantitative estimate of drug-likeness (QED) is 0.430. The molecule has 4 rings (SSSR count). The first-order chi connectivity index (χ1) is 16.0. The van der Waals surface area contributed by atoms with Crippen molar-refractivity contribution < 1.29 is 9.59 Å². The lowest BCUT2D eigenvalue weighted by Gasteiger charge is -2.19. The normalized spacial score (nSPS) is 14.2. The molecule has 3 aromatic carbocycles. The first kappa shape index (κ1) is 23.4. The molecule has 1 heterocycles. The maximum atomic E-state index is 12.9. The first-order valence-electron chi connectivity index (χ1n) is 11.1. The van der Waals surface area contributed by atoms with Crippen molar-refractivity contribution in [3.63, 3.8) is 0 Å². The molecule has 0 radical (unpaired) electrons. The van der Waals surface area contributed by atoms with Crippen LogP contribution in [-0.4, -0.2) is 35.6 Å². The fourth-order valence-corrected chi connectivity index (χ4v) is 5.30. The van der Waals surface area contributed by atoms with Crippen molar-refractivity contribution in [3.05, 3.63) is 100 Å². The third kappa shape index (κ3) is 5.79. The third-order valence-corrected chi connectivity index (χ3v) is 7.45. The second-order valence-corrected chi connectivity index (χ2v) is 9.71. The predicted molar refractivity (Wildman–Crippen MR) is 137 cm³/mol. The van der Waals surface area contributed by atoms with Crippen LogP contribution in [0.5, 0.6) is 0 Å². The van der Waals surface area contributed by atoms with Crippen LogP contribution in [0.1, 0.15) is 45.1 Å². The van der Waals surface area contributed by atoms with Gasteiger partial charge in [0.1, 0.15) is 0 Å². The third-order valence-electron chi connectivity index (χ3n) is 5.89. The van der Waals surface area contributed by atoms with E-state index < -0.39 is 0 Å². The minimum absolute atomic E-state index is 0.0124. The number of hydrogen-bond donors (Lipinski definition) is 1. The summed E-state index contributed by atoms with van der Waals surface area (Å²) in [6, 6.07) is 23.4. The monoisotopic (exact) mass is 478 g/mol. The smallest absolute Gasteiger partial charge is 0.254 e. The van der Waals surface area contributed by atoms with Crippen molar-refractivity contribution in [2.75, 3.05) is 24.2 Å². The molecule has 4 nitrogen and oxygen atoms in total. The summed E-state index contributed by atoms with van der Waals surface area (Å²) in [6.07, 6.45) is 2.10. The van der Waals surface area contributed by atoms with Crippen molar-refractivity contribution in [1.29, 1.82) is 0 Å². The number of thioether (sulfide) groups is 1. The molecule has 33 heavy (non-hydrogen) atoms. The van der Waals surface area contributed by atoms with E-state index in [1.165, 1.54) is 0 Å². The highest BCUT2D eigenvalue weighted by Crippen LogP contribution is 2.36. The average Bonchev–Trinajstić information content (AvgIpc) is 3.37. The van der Waals surface area contributed by atoms with Crippen molar-refractivity contribution in [2.24, 2.45) is 0 Å². The Balaban J connectivity index is 1.46. The van der Waals surface area contributed by atoms with E-state index in [0.717, 1.165) is 42.6 Å². The average molecular weight is 479 g/mol. The Morgan fingerprint density at radius 1 is 0.939 bits per heavy atom. The van der Waals surface area contributed by atoms with Crippen LogP contribution in [0.4, 0.5) is 5.69 Å². The van der Waals surface area contributed by atoms with Crippen LogP contribution < -0.4 is 5.32 Å². The van der Waals surface area contributed by atoms with Gasteiger partial charge in [-0.25, -0.2) is 0 Å². The topological polar surface area (TPSA) is 49.4 Å². The Morgan fingerprint density at radius 2 is 1.61 bits per heavy atom. The van der Waals surface area contributed by atoms with Gasteiger partial charge in [-0.3, -0.25) is 9.59 Å². The maximum Gasteiger partial charge on any atom is 0.254 e. The Morgan fingerprint density at radius 3 is 2.30 bits per heavy atom. The van der Waals surface area contributed by atoms with Gasteiger partial charge in [0.25, 0.3) is 5.91 Å². The number of halogens is 1. The van der Waals surface area contributed by atoms with Gasteiger partial charge in [0, 0.05) is 29.4 Å². The molecule has 1 unspecified atom stereocenters. The van der Waals surface area contributed by atoms with Gasteiger partial charge in [-0.1, -0.05) is 60.1 Å². The van der Waals surface area contributed by atoms with E-state index in [9.17, 15) is 9.59 Å². The highest BCUT2D eigenvalue weighted by molar-refractivity contribution is 8.00. The lowest BCUT2D eigenvalue weighted by atomic mass is 10.0. The van der Waals surface area contributed by atoms with E-state index in [1.54, 1.807) is 11.8 Å². The van der Waals surface area contributed by atoms with Crippen LogP contribution >= 0.6 is 23.4 Å². The fraction of sp³-hybridized carbons (Fsp3) is 0.259. The van der Waals surface area contributed by atoms with E-state index in [0.29, 0.717) is 16.3 Å². The maximum absolute atomic E-state index is 12.9. The summed E-state index contributed by atoms with van der Waals surface area (Å²) in [4.78, 5) is 27.6. The second kappa shape index (κ2) is 10.9. The van der Waals surface area contributed by atoms with Crippen LogP contribution in [0.3, 0.4) is 0 Å². The number of carbonyl (C=O) groups excluding carboxylic acids is 2. The van der Waals surface area contributed by atoms with E-state index in [-0.39, 0.29) is 22.8 Å². The summed E-state index contributed by atoms with van der Waals surface area (Å²) in [5, 5.41) is 3.71. The van der Waals surface area contributed by atoms with E-state index >= 15 is 0 Å². The zero-order valence-corrected chi connectivity index (χ0v) is 20.2. The van der Waals surface area contributed by atoms with Gasteiger partial charge in [-0.15, -0.1) is 11.8 Å². The molecule has 0 bridgehead atoms. The molecule has 6 heteroatoms. The molecule has 1 aliphatic heterocycles. The zero-order valence-electron chi connectivity index (χ0n) is 18.6. The van der Waals surface area contributed by atoms with Crippen molar-refractivity contribution in [2.45, 2.75) is 25.0 Å². The molecule has 1 atom stereocenters. The van der Waals surface area contributed by atoms with Gasteiger partial charge in [0.05, 0.1) is 11.0 Å². The van der Waals surface area contributed by atoms with Crippen LogP contribution in [0, 0.1) is 6.92 Å². The minimum Gasteiger partial charge on any atom is -0.339 e. The molecule has 0 saturated carbocycles. The van der Waals surface area contributed by atoms with Crippen molar-refractivity contribution in [3.8, 4) is 0 Å². The first-order valence-corrected chi connectivity index (χ1v) is 12.6. The molecule has 1 aliphatic rings. The van der Waals surface area contributed by atoms with Gasteiger partial charge in [0.15, 0.2) is 0 Å². The number of nitrogens with one attached hydrogen (secondary N) is 1. The number of benzene rings is 3. The summed E-state index contributed by atoms with van der Waals surface area (Å²) < 4.78 is 0. The molecular weight excluding hydrogens is 452 g/mol. The molecule has 0 spiro atoms. The largest absolute Gasteiger partial charge is 0.339 e. The number of carbonyl (C=O) groups is 2. The predicted octanol–water partition coefficient (Wildman–Crippen LogP) is 6.35. The molecular formula is C27H27ClN2O2S. The summed E-state index contributed by atoms with van der Waals surface area (Å²) in [5.74, 6) is 0.234. The summed E-state index contributed by atoms with van der Waals surface area (Å²) in [7, 11) is 0. The van der Waals surface area contributed by atoms with E-state index in [1.807, 2.05) is 72.5 Å². The standard InChI is InChI=1S/C27H27ClN2O2S/c1-19-23(27(32)30-16-5-6-17-30)10-7-11-24(19)29-25(31)18-33-26(20-8-3-2-4-9-20)21-12-14-22(28)15-13-21/h2-4,7-15,26H,5-6,16-18H2,1H3,(H,29,31). The summed E-state index contributed by atoms with van der Waals surface area (Å²) in [5.41, 5.74) is 4.38. The Hall–Kier alpha value is -2.76. The van der Waals surface area contributed by atoms with Gasteiger partial charge >= 0.3 is 0 Å². The number of rotatable bonds is 7. The molecule has 170 valence electrons. The summed E-state index contributed by atoms with van der Waals surface area (Å²) >= 11 is 7.64. The molecule has 3 aromatic rings. The minimum atomic E-state index is -0.0937.